The van der Waals surface area contributed by atoms with Gasteiger partial charge in [-0.05, 0) is 31.9 Å². The van der Waals surface area contributed by atoms with E-state index in [1.54, 1.807) is 6.92 Å². The largest absolute Gasteiger partial charge is 0.490 e. The molecular formula is C17H25NO3. The van der Waals surface area contributed by atoms with Crippen LogP contribution in [0.5, 0.6) is 0 Å². The standard InChI is InChI=1S/C17H25NO3/c1-7-8-14(4)18-15(5)9-10-17(19)21-12-11-20-16(6)13(2)3/h7-8,18H,2,4-6,9-12H2,1,3H3/b8-7-. The molecule has 0 unspecified atom stereocenters. The van der Waals surface area contributed by atoms with Crippen molar-refractivity contribution in [1.82, 2.24) is 5.32 Å². The van der Waals surface area contributed by atoms with E-state index in [9.17, 15) is 4.79 Å². The van der Waals surface area contributed by atoms with Crippen LogP contribution in [0.1, 0.15) is 26.7 Å². The molecule has 116 valence electrons. The van der Waals surface area contributed by atoms with Gasteiger partial charge in [-0.25, -0.2) is 0 Å². The molecule has 0 heterocycles. The zero-order chi connectivity index (χ0) is 16.3. The second kappa shape index (κ2) is 10.5. The summed E-state index contributed by atoms with van der Waals surface area (Å²) in [6.45, 7) is 19.2. The van der Waals surface area contributed by atoms with Crippen molar-refractivity contribution in [3.63, 3.8) is 0 Å². The number of rotatable bonds is 11. The molecule has 0 fully saturated rings. The zero-order valence-electron chi connectivity index (χ0n) is 13.0. The maximum Gasteiger partial charge on any atom is 0.306 e. The number of carbonyl (C=O) groups is 1. The first-order chi connectivity index (χ1) is 9.86. The Morgan fingerprint density at radius 3 is 2.29 bits per heavy atom. The first-order valence-electron chi connectivity index (χ1n) is 6.76. The van der Waals surface area contributed by atoms with Gasteiger partial charge in [-0.15, -0.1) is 0 Å². The average molecular weight is 291 g/mol. The van der Waals surface area contributed by atoms with Crippen LogP contribution in [0.15, 0.2) is 61.2 Å². The lowest BCUT2D eigenvalue weighted by atomic mass is 10.2. The third kappa shape index (κ3) is 10.2. The quantitative estimate of drug-likeness (QED) is 0.273. The van der Waals surface area contributed by atoms with Crippen molar-refractivity contribution in [1.29, 1.82) is 0 Å². The minimum Gasteiger partial charge on any atom is -0.490 e. The third-order valence-corrected chi connectivity index (χ3v) is 2.43. The Labute approximate surface area is 127 Å². The summed E-state index contributed by atoms with van der Waals surface area (Å²) in [5, 5.41) is 3.00. The second-order valence-corrected chi connectivity index (χ2v) is 4.53. The van der Waals surface area contributed by atoms with Crippen molar-refractivity contribution in [2.75, 3.05) is 13.2 Å². The van der Waals surface area contributed by atoms with E-state index in [1.807, 2.05) is 19.1 Å². The highest BCUT2D eigenvalue weighted by molar-refractivity contribution is 5.69. The van der Waals surface area contributed by atoms with Crippen LogP contribution in [-0.4, -0.2) is 19.2 Å². The number of carbonyl (C=O) groups excluding carboxylic acids is 1. The smallest absolute Gasteiger partial charge is 0.306 e. The van der Waals surface area contributed by atoms with Gasteiger partial charge < -0.3 is 14.8 Å². The Bertz CT molecular complexity index is 447. The predicted octanol–water partition coefficient (Wildman–Crippen LogP) is 3.61. The normalized spacial score (nSPS) is 10.0. The van der Waals surface area contributed by atoms with E-state index in [4.69, 9.17) is 9.47 Å². The average Bonchev–Trinajstić information content (AvgIpc) is 2.41. The highest BCUT2D eigenvalue weighted by Gasteiger charge is 2.05. The van der Waals surface area contributed by atoms with Crippen molar-refractivity contribution in [2.45, 2.75) is 26.7 Å². The highest BCUT2D eigenvalue weighted by Crippen LogP contribution is 2.06. The second-order valence-electron chi connectivity index (χ2n) is 4.53. The maximum absolute atomic E-state index is 11.5. The van der Waals surface area contributed by atoms with E-state index in [0.717, 1.165) is 17.0 Å². The Morgan fingerprint density at radius 1 is 1.10 bits per heavy atom. The van der Waals surface area contributed by atoms with Gasteiger partial charge in [0.25, 0.3) is 0 Å². The number of esters is 1. The summed E-state index contributed by atoms with van der Waals surface area (Å²) in [5.41, 5.74) is 2.22. The van der Waals surface area contributed by atoms with Crippen molar-refractivity contribution in [2.24, 2.45) is 0 Å². The highest BCUT2D eigenvalue weighted by atomic mass is 16.6. The number of nitrogens with one attached hydrogen (secondary N) is 1. The lowest BCUT2D eigenvalue weighted by molar-refractivity contribution is -0.144. The number of hydrogen-bond donors (Lipinski definition) is 1. The Balaban J connectivity index is 3.76. The van der Waals surface area contributed by atoms with Crippen LogP contribution < -0.4 is 5.32 Å². The van der Waals surface area contributed by atoms with Crippen LogP contribution in [0, 0.1) is 0 Å². The minimum atomic E-state index is -0.292. The number of hydrogen-bond acceptors (Lipinski definition) is 4. The molecule has 0 aliphatic heterocycles. The van der Waals surface area contributed by atoms with Crippen LogP contribution >= 0.6 is 0 Å². The van der Waals surface area contributed by atoms with E-state index < -0.39 is 0 Å². The van der Waals surface area contributed by atoms with Crippen molar-refractivity contribution >= 4 is 5.97 Å². The van der Waals surface area contributed by atoms with Crippen molar-refractivity contribution < 1.29 is 14.3 Å². The van der Waals surface area contributed by atoms with Crippen LogP contribution in [0.2, 0.25) is 0 Å². The van der Waals surface area contributed by atoms with Crippen molar-refractivity contribution in [3.8, 4) is 0 Å². The molecule has 0 radical (unpaired) electrons. The van der Waals surface area contributed by atoms with Gasteiger partial charge >= 0.3 is 5.97 Å². The molecule has 0 spiro atoms. The Hall–Kier alpha value is -2.23. The molecule has 21 heavy (non-hydrogen) atoms. The van der Waals surface area contributed by atoms with Gasteiger partial charge in [0, 0.05) is 11.4 Å². The first kappa shape index (κ1) is 18.8. The van der Waals surface area contributed by atoms with Crippen LogP contribution in [-0.2, 0) is 14.3 Å². The molecule has 0 saturated heterocycles. The Morgan fingerprint density at radius 2 is 1.71 bits per heavy atom. The van der Waals surface area contributed by atoms with Gasteiger partial charge in [-0.1, -0.05) is 32.4 Å². The summed E-state index contributed by atoms with van der Waals surface area (Å²) in [5.74, 6) is 0.213. The fourth-order valence-corrected chi connectivity index (χ4v) is 1.30. The van der Waals surface area contributed by atoms with Gasteiger partial charge in [-0.3, -0.25) is 4.79 Å². The van der Waals surface area contributed by atoms with Gasteiger partial charge in [0.05, 0.1) is 6.42 Å². The number of ether oxygens (including phenoxy) is 2. The lowest BCUT2D eigenvalue weighted by Gasteiger charge is -2.10. The van der Waals surface area contributed by atoms with Crippen LogP contribution in [0.4, 0.5) is 0 Å². The molecule has 0 amide bonds. The SMILES string of the molecule is C=C(/C=C\C)NC(=C)CCC(=O)OCCOC(=C)C(=C)C. The molecular weight excluding hydrogens is 266 g/mol. The van der Waals surface area contributed by atoms with E-state index >= 15 is 0 Å². The minimum absolute atomic E-state index is 0.191. The van der Waals surface area contributed by atoms with Gasteiger partial charge in [0.2, 0.25) is 0 Å². The van der Waals surface area contributed by atoms with Crippen LogP contribution in [0.3, 0.4) is 0 Å². The zero-order valence-corrected chi connectivity index (χ0v) is 13.0. The third-order valence-electron chi connectivity index (χ3n) is 2.43. The molecule has 0 aromatic heterocycles. The summed E-state index contributed by atoms with van der Waals surface area (Å²) < 4.78 is 10.3. The maximum atomic E-state index is 11.5. The lowest BCUT2D eigenvalue weighted by Crippen LogP contribution is -2.14. The van der Waals surface area contributed by atoms with Gasteiger partial charge in [0.15, 0.2) is 0 Å². The Kier molecular flexibility index (Phi) is 9.43. The molecule has 4 heteroatoms. The van der Waals surface area contributed by atoms with E-state index in [0.29, 0.717) is 12.2 Å². The monoisotopic (exact) mass is 291 g/mol. The summed E-state index contributed by atoms with van der Waals surface area (Å²) in [7, 11) is 0. The molecule has 0 rings (SSSR count). The topological polar surface area (TPSA) is 47.6 Å². The fraction of sp³-hybridized carbons (Fsp3) is 0.353. The predicted molar refractivity (Wildman–Crippen MR) is 86.3 cm³/mol. The summed E-state index contributed by atoms with van der Waals surface area (Å²) in [6, 6.07) is 0. The van der Waals surface area contributed by atoms with Gasteiger partial charge in [0.1, 0.15) is 19.0 Å². The van der Waals surface area contributed by atoms with Crippen molar-refractivity contribution in [3.05, 3.63) is 61.2 Å². The summed E-state index contributed by atoms with van der Waals surface area (Å²) >= 11 is 0. The van der Waals surface area contributed by atoms with E-state index in [2.05, 4.69) is 31.6 Å². The molecule has 1 N–H and O–H groups in total. The molecule has 0 aromatic rings. The molecule has 0 atom stereocenters. The van der Waals surface area contributed by atoms with E-state index in [-0.39, 0.29) is 25.6 Å². The summed E-state index contributed by atoms with van der Waals surface area (Å²) in [4.78, 5) is 11.5. The molecule has 0 aliphatic carbocycles. The van der Waals surface area contributed by atoms with E-state index in [1.165, 1.54) is 0 Å². The molecule has 0 aliphatic rings. The first-order valence-corrected chi connectivity index (χ1v) is 6.76. The molecule has 0 bridgehead atoms. The molecule has 0 saturated carbocycles. The molecule has 4 nitrogen and oxygen atoms in total. The molecule has 0 aromatic carbocycles. The van der Waals surface area contributed by atoms with Gasteiger partial charge in [-0.2, -0.15) is 0 Å². The number of allylic oxidation sites excluding steroid dienone is 4. The fourth-order valence-electron chi connectivity index (χ4n) is 1.30. The summed E-state index contributed by atoms with van der Waals surface area (Å²) in [6.07, 6.45) is 4.45. The van der Waals surface area contributed by atoms with Crippen LogP contribution in [0.25, 0.3) is 0 Å².